The number of hydrogen-bond acceptors (Lipinski definition) is 1. The lowest BCUT2D eigenvalue weighted by Gasteiger charge is -2.16. The third kappa shape index (κ3) is 3.78. The number of hydrogen-bond donors (Lipinski definition) is 1. The van der Waals surface area contributed by atoms with Crippen LogP contribution >= 0.6 is 0 Å². The Kier molecular flexibility index (Phi) is 4.69. The monoisotopic (exact) mass is 221 g/mol. The van der Waals surface area contributed by atoms with Crippen LogP contribution in [0.3, 0.4) is 0 Å². The van der Waals surface area contributed by atoms with Gasteiger partial charge in [-0.3, -0.25) is 0 Å². The summed E-state index contributed by atoms with van der Waals surface area (Å²) in [5.74, 6) is -0.167. The molecule has 2 heteroatoms. The highest BCUT2D eigenvalue weighted by molar-refractivity contribution is 5.29. The van der Waals surface area contributed by atoms with Crippen molar-refractivity contribution in [3.05, 3.63) is 46.8 Å². The predicted octanol–water partition coefficient (Wildman–Crippen LogP) is 3.75. The summed E-state index contributed by atoms with van der Waals surface area (Å²) >= 11 is 0. The van der Waals surface area contributed by atoms with E-state index in [1.54, 1.807) is 12.1 Å². The second kappa shape index (κ2) is 5.80. The van der Waals surface area contributed by atoms with Crippen molar-refractivity contribution in [2.45, 2.75) is 33.7 Å². The molecule has 0 saturated carbocycles. The van der Waals surface area contributed by atoms with E-state index in [2.05, 4.69) is 32.2 Å². The first-order chi connectivity index (χ1) is 7.52. The Morgan fingerprint density at radius 2 is 2.06 bits per heavy atom. The summed E-state index contributed by atoms with van der Waals surface area (Å²) in [6, 6.07) is 5.27. The van der Waals surface area contributed by atoms with Gasteiger partial charge in [0.05, 0.1) is 6.04 Å². The van der Waals surface area contributed by atoms with E-state index in [-0.39, 0.29) is 11.9 Å². The van der Waals surface area contributed by atoms with Gasteiger partial charge in [0.2, 0.25) is 0 Å². The van der Waals surface area contributed by atoms with Crippen LogP contribution in [0.4, 0.5) is 4.39 Å². The van der Waals surface area contributed by atoms with Gasteiger partial charge in [-0.05, 0) is 50.6 Å². The van der Waals surface area contributed by atoms with Crippen molar-refractivity contribution in [3.63, 3.8) is 0 Å². The zero-order chi connectivity index (χ0) is 12.1. The summed E-state index contributed by atoms with van der Waals surface area (Å²) < 4.78 is 13.3. The number of rotatable bonds is 4. The molecule has 0 radical (unpaired) electrons. The van der Waals surface area contributed by atoms with Gasteiger partial charge >= 0.3 is 0 Å². The van der Waals surface area contributed by atoms with Crippen molar-refractivity contribution in [2.24, 2.45) is 0 Å². The molecule has 1 nitrogen and oxygen atoms in total. The highest BCUT2D eigenvalue weighted by Crippen LogP contribution is 2.19. The van der Waals surface area contributed by atoms with Gasteiger partial charge in [0.25, 0.3) is 0 Å². The molecule has 1 atom stereocenters. The van der Waals surface area contributed by atoms with E-state index in [0.717, 1.165) is 17.7 Å². The Morgan fingerprint density at radius 1 is 1.38 bits per heavy atom. The van der Waals surface area contributed by atoms with Crippen LogP contribution in [-0.2, 0) is 0 Å². The van der Waals surface area contributed by atoms with Gasteiger partial charge in [-0.1, -0.05) is 24.6 Å². The molecular formula is C14H20FN. The van der Waals surface area contributed by atoms with Gasteiger partial charge in [-0.15, -0.1) is 0 Å². The molecule has 88 valence electrons. The van der Waals surface area contributed by atoms with E-state index in [1.807, 2.05) is 13.0 Å². The molecule has 0 saturated heterocycles. The third-order valence-electron chi connectivity index (χ3n) is 2.35. The topological polar surface area (TPSA) is 12.0 Å². The fraction of sp³-hybridized carbons (Fsp3) is 0.429. The molecule has 0 spiro atoms. The second-order valence-electron chi connectivity index (χ2n) is 4.34. The summed E-state index contributed by atoms with van der Waals surface area (Å²) in [7, 11) is 0. The molecule has 0 aromatic heterocycles. The van der Waals surface area contributed by atoms with Crippen molar-refractivity contribution >= 4 is 0 Å². The van der Waals surface area contributed by atoms with E-state index in [1.165, 1.54) is 5.57 Å². The molecule has 0 fully saturated rings. The normalized spacial score (nSPS) is 12.3. The number of aryl methyl sites for hydroxylation is 1. The van der Waals surface area contributed by atoms with Crippen LogP contribution in [0.1, 0.15) is 37.9 Å². The fourth-order valence-corrected chi connectivity index (χ4v) is 1.77. The van der Waals surface area contributed by atoms with Crippen LogP contribution in [-0.4, -0.2) is 6.54 Å². The van der Waals surface area contributed by atoms with Crippen LogP contribution in [0.15, 0.2) is 29.8 Å². The average molecular weight is 221 g/mol. The molecule has 0 amide bonds. The maximum Gasteiger partial charge on any atom is 0.123 e. The van der Waals surface area contributed by atoms with Crippen molar-refractivity contribution in [1.82, 2.24) is 5.32 Å². The van der Waals surface area contributed by atoms with Gasteiger partial charge in [0, 0.05) is 0 Å². The Bertz CT molecular complexity index is 358. The maximum absolute atomic E-state index is 13.3. The molecule has 1 aromatic rings. The lowest BCUT2D eigenvalue weighted by atomic mass is 10.0. The Balaban J connectivity index is 3.05. The van der Waals surface area contributed by atoms with E-state index in [4.69, 9.17) is 0 Å². The van der Waals surface area contributed by atoms with Crippen LogP contribution in [0.5, 0.6) is 0 Å². The molecule has 16 heavy (non-hydrogen) atoms. The average Bonchev–Trinajstić information content (AvgIpc) is 2.14. The number of nitrogens with one attached hydrogen (secondary N) is 1. The molecule has 0 aliphatic heterocycles. The van der Waals surface area contributed by atoms with Gasteiger partial charge in [0.1, 0.15) is 5.82 Å². The Hall–Kier alpha value is -1.15. The van der Waals surface area contributed by atoms with E-state index >= 15 is 0 Å². The molecule has 1 N–H and O–H groups in total. The fourth-order valence-electron chi connectivity index (χ4n) is 1.77. The van der Waals surface area contributed by atoms with Crippen LogP contribution < -0.4 is 5.32 Å². The molecule has 0 aliphatic rings. The summed E-state index contributed by atoms with van der Waals surface area (Å²) in [5.41, 5.74) is 3.17. The number of benzene rings is 1. The highest BCUT2D eigenvalue weighted by atomic mass is 19.1. The second-order valence-corrected chi connectivity index (χ2v) is 4.34. The standard InChI is InChI=1S/C14H20FN/c1-5-16-14(6-10(2)3)12-7-11(4)8-13(15)9-12/h6-9,14,16H,5H2,1-4H3. The molecule has 0 heterocycles. The zero-order valence-electron chi connectivity index (χ0n) is 10.5. The number of likely N-dealkylation sites (N-methyl/N-ethyl adjacent to an activating group) is 1. The molecule has 1 rings (SSSR count). The number of allylic oxidation sites excluding steroid dienone is 1. The molecule has 1 aromatic carbocycles. The van der Waals surface area contributed by atoms with Gasteiger partial charge in [0.15, 0.2) is 0 Å². The smallest absolute Gasteiger partial charge is 0.123 e. The van der Waals surface area contributed by atoms with Gasteiger partial charge in [-0.2, -0.15) is 0 Å². The summed E-state index contributed by atoms with van der Waals surface area (Å²) in [4.78, 5) is 0. The first-order valence-corrected chi connectivity index (χ1v) is 5.68. The van der Waals surface area contributed by atoms with Crippen molar-refractivity contribution in [1.29, 1.82) is 0 Å². The summed E-state index contributed by atoms with van der Waals surface area (Å²) in [6.07, 6.45) is 2.12. The SMILES string of the molecule is CCNC(C=C(C)C)c1cc(C)cc(F)c1. The molecule has 0 aliphatic carbocycles. The van der Waals surface area contributed by atoms with Crippen molar-refractivity contribution in [2.75, 3.05) is 6.54 Å². The summed E-state index contributed by atoms with van der Waals surface area (Å²) in [5, 5.41) is 3.34. The Morgan fingerprint density at radius 3 is 2.56 bits per heavy atom. The first-order valence-electron chi connectivity index (χ1n) is 5.68. The molecule has 1 unspecified atom stereocenters. The van der Waals surface area contributed by atoms with E-state index < -0.39 is 0 Å². The lowest BCUT2D eigenvalue weighted by Crippen LogP contribution is -2.19. The molecular weight excluding hydrogens is 201 g/mol. The minimum Gasteiger partial charge on any atom is -0.307 e. The van der Waals surface area contributed by atoms with Crippen molar-refractivity contribution < 1.29 is 4.39 Å². The first kappa shape index (κ1) is 12.9. The zero-order valence-corrected chi connectivity index (χ0v) is 10.5. The van der Waals surface area contributed by atoms with Crippen molar-refractivity contribution in [3.8, 4) is 0 Å². The Labute approximate surface area is 97.4 Å². The molecule has 0 bridgehead atoms. The largest absolute Gasteiger partial charge is 0.307 e. The minimum absolute atomic E-state index is 0.101. The van der Waals surface area contributed by atoms with E-state index in [0.29, 0.717) is 0 Å². The lowest BCUT2D eigenvalue weighted by molar-refractivity contribution is 0.607. The quantitative estimate of drug-likeness (QED) is 0.763. The van der Waals surface area contributed by atoms with Crippen LogP contribution in [0.25, 0.3) is 0 Å². The van der Waals surface area contributed by atoms with Gasteiger partial charge in [-0.25, -0.2) is 4.39 Å². The maximum atomic E-state index is 13.3. The minimum atomic E-state index is -0.167. The van der Waals surface area contributed by atoms with E-state index in [9.17, 15) is 4.39 Å². The number of halogens is 1. The van der Waals surface area contributed by atoms with Crippen LogP contribution in [0, 0.1) is 12.7 Å². The van der Waals surface area contributed by atoms with Gasteiger partial charge < -0.3 is 5.32 Å². The predicted molar refractivity (Wildman–Crippen MR) is 67.0 cm³/mol. The summed E-state index contributed by atoms with van der Waals surface area (Å²) in [6.45, 7) is 8.94. The highest BCUT2D eigenvalue weighted by Gasteiger charge is 2.08. The van der Waals surface area contributed by atoms with Crippen LogP contribution in [0.2, 0.25) is 0 Å². The third-order valence-corrected chi connectivity index (χ3v) is 2.35.